The summed E-state index contributed by atoms with van der Waals surface area (Å²) < 4.78 is 16.5. The lowest BCUT2D eigenvalue weighted by Gasteiger charge is -2.34. The molecule has 2 heterocycles. The molecule has 3 rings (SSSR count). The smallest absolute Gasteiger partial charge is 0.251 e. The molecule has 1 aromatic rings. The maximum atomic E-state index is 12.5. The van der Waals surface area contributed by atoms with E-state index >= 15 is 0 Å². The van der Waals surface area contributed by atoms with Gasteiger partial charge in [0, 0.05) is 25.2 Å². The van der Waals surface area contributed by atoms with Crippen molar-refractivity contribution in [3.05, 3.63) is 17.7 Å². The maximum Gasteiger partial charge on any atom is 0.251 e. The Morgan fingerprint density at radius 3 is 2.69 bits per heavy atom. The van der Waals surface area contributed by atoms with E-state index in [1.807, 2.05) is 0 Å². The molecule has 2 aliphatic heterocycles. The summed E-state index contributed by atoms with van der Waals surface area (Å²) in [6.45, 7) is 9.62. The van der Waals surface area contributed by atoms with Crippen molar-refractivity contribution in [2.24, 2.45) is 11.8 Å². The Balaban J connectivity index is 1.50. The quantitative estimate of drug-likeness (QED) is 0.788. The lowest BCUT2D eigenvalue weighted by atomic mass is 9.92. The van der Waals surface area contributed by atoms with E-state index in [9.17, 15) is 4.79 Å². The molecule has 1 fully saturated rings. The second kappa shape index (κ2) is 8.62. The Morgan fingerprint density at radius 1 is 1.23 bits per heavy atom. The van der Waals surface area contributed by atoms with Crippen LogP contribution < -0.4 is 19.5 Å². The molecule has 1 aromatic carbocycles. The molecule has 6 nitrogen and oxygen atoms in total. The topological polar surface area (TPSA) is 60.0 Å². The average Bonchev–Trinajstić information content (AvgIpc) is 2.63. The number of benzene rings is 1. The third-order valence-electron chi connectivity index (χ3n) is 4.97. The molecule has 2 atom stereocenters. The summed E-state index contributed by atoms with van der Waals surface area (Å²) in [5.41, 5.74) is 0.534. The highest BCUT2D eigenvalue weighted by Crippen LogP contribution is 2.40. The van der Waals surface area contributed by atoms with Crippen LogP contribution in [-0.4, -0.2) is 57.3 Å². The van der Waals surface area contributed by atoms with Crippen molar-refractivity contribution in [2.75, 3.05) is 46.5 Å². The lowest BCUT2D eigenvalue weighted by molar-refractivity contribution is 0.0945. The molecule has 1 amide bonds. The minimum absolute atomic E-state index is 0.111. The summed E-state index contributed by atoms with van der Waals surface area (Å²) in [6, 6.07) is 3.43. The van der Waals surface area contributed by atoms with E-state index in [-0.39, 0.29) is 5.91 Å². The molecule has 144 valence electrons. The van der Waals surface area contributed by atoms with Crippen LogP contribution in [0.5, 0.6) is 17.2 Å². The zero-order valence-corrected chi connectivity index (χ0v) is 16.0. The Hall–Kier alpha value is -1.95. The molecular formula is C20H30N2O4. The molecule has 0 aromatic heterocycles. The number of nitrogens with one attached hydrogen (secondary N) is 1. The number of hydrogen-bond donors (Lipinski definition) is 1. The van der Waals surface area contributed by atoms with Crippen LogP contribution in [0.25, 0.3) is 0 Å². The Labute approximate surface area is 155 Å². The number of carbonyl (C=O) groups is 1. The van der Waals surface area contributed by atoms with Crippen LogP contribution in [0.4, 0.5) is 0 Å². The van der Waals surface area contributed by atoms with Gasteiger partial charge in [-0.05, 0) is 43.4 Å². The molecule has 0 spiro atoms. The third kappa shape index (κ3) is 4.61. The zero-order valence-electron chi connectivity index (χ0n) is 16.0. The summed E-state index contributed by atoms with van der Waals surface area (Å²) >= 11 is 0. The highest BCUT2D eigenvalue weighted by Gasteiger charge is 2.22. The van der Waals surface area contributed by atoms with Gasteiger partial charge in [-0.25, -0.2) is 0 Å². The first-order chi connectivity index (χ1) is 12.6. The highest BCUT2D eigenvalue weighted by molar-refractivity contribution is 5.95. The average molecular weight is 362 g/mol. The molecule has 2 aliphatic rings. The van der Waals surface area contributed by atoms with Gasteiger partial charge in [0.25, 0.3) is 5.91 Å². The molecule has 0 bridgehead atoms. The van der Waals surface area contributed by atoms with E-state index < -0.39 is 0 Å². The van der Waals surface area contributed by atoms with E-state index in [1.165, 1.54) is 6.42 Å². The summed E-state index contributed by atoms with van der Waals surface area (Å²) in [6.07, 6.45) is 2.27. The summed E-state index contributed by atoms with van der Waals surface area (Å²) in [5, 5.41) is 3.00. The van der Waals surface area contributed by atoms with E-state index in [4.69, 9.17) is 14.2 Å². The fraction of sp³-hybridized carbons (Fsp3) is 0.650. The number of amides is 1. The fourth-order valence-corrected chi connectivity index (χ4v) is 3.99. The Morgan fingerprint density at radius 2 is 1.96 bits per heavy atom. The SMILES string of the molecule is COc1cc(C(=O)NCCCN2CC(C)CC(C)C2)cc2c1OCCO2. The third-order valence-corrected chi connectivity index (χ3v) is 4.97. The van der Waals surface area contributed by atoms with Gasteiger partial charge in [0.2, 0.25) is 5.75 Å². The molecule has 0 aliphatic carbocycles. The van der Waals surface area contributed by atoms with Gasteiger partial charge in [0.05, 0.1) is 7.11 Å². The number of carbonyl (C=O) groups excluding carboxylic acids is 1. The molecule has 1 N–H and O–H groups in total. The number of piperidine rings is 1. The van der Waals surface area contributed by atoms with Crippen LogP contribution in [0, 0.1) is 11.8 Å². The van der Waals surface area contributed by atoms with Crippen LogP contribution in [0.3, 0.4) is 0 Å². The Kier molecular flexibility index (Phi) is 6.25. The van der Waals surface area contributed by atoms with Gasteiger partial charge >= 0.3 is 0 Å². The predicted molar refractivity (Wildman–Crippen MR) is 100 cm³/mol. The minimum Gasteiger partial charge on any atom is -0.493 e. The van der Waals surface area contributed by atoms with Crippen molar-refractivity contribution >= 4 is 5.91 Å². The van der Waals surface area contributed by atoms with Crippen LogP contribution in [0.1, 0.15) is 37.0 Å². The molecule has 26 heavy (non-hydrogen) atoms. The lowest BCUT2D eigenvalue weighted by Crippen LogP contribution is -2.40. The second-order valence-electron chi connectivity index (χ2n) is 7.52. The van der Waals surface area contributed by atoms with Gasteiger partial charge in [-0.2, -0.15) is 0 Å². The van der Waals surface area contributed by atoms with E-state index in [1.54, 1.807) is 19.2 Å². The van der Waals surface area contributed by atoms with Gasteiger partial charge in [-0.3, -0.25) is 4.79 Å². The van der Waals surface area contributed by atoms with Crippen molar-refractivity contribution in [1.82, 2.24) is 10.2 Å². The van der Waals surface area contributed by atoms with Crippen molar-refractivity contribution in [3.63, 3.8) is 0 Å². The van der Waals surface area contributed by atoms with Gasteiger partial charge in [-0.15, -0.1) is 0 Å². The fourth-order valence-electron chi connectivity index (χ4n) is 3.99. The van der Waals surface area contributed by atoms with Crippen LogP contribution >= 0.6 is 0 Å². The van der Waals surface area contributed by atoms with Gasteiger partial charge in [-0.1, -0.05) is 13.8 Å². The largest absolute Gasteiger partial charge is 0.493 e. The molecule has 0 saturated carbocycles. The van der Waals surface area contributed by atoms with Crippen LogP contribution in [0.15, 0.2) is 12.1 Å². The van der Waals surface area contributed by atoms with Crippen LogP contribution in [-0.2, 0) is 0 Å². The van der Waals surface area contributed by atoms with Crippen LogP contribution in [0.2, 0.25) is 0 Å². The first-order valence-corrected chi connectivity index (χ1v) is 9.55. The summed E-state index contributed by atoms with van der Waals surface area (Å²) in [5.74, 6) is 3.09. The molecule has 1 saturated heterocycles. The standard InChI is InChI=1S/C20H30N2O4/c1-14-9-15(2)13-22(12-14)6-4-5-21-20(23)16-10-17(24-3)19-18(11-16)25-7-8-26-19/h10-11,14-15H,4-9,12-13H2,1-3H3,(H,21,23). The molecule has 0 radical (unpaired) electrons. The van der Waals surface area contributed by atoms with Crippen molar-refractivity contribution in [3.8, 4) is 17.2 Å². The number of likely N-dealkylation sites (tertiary alicyclic amines) is 1. The maximum absolute atomic E-state index is 12.5. The first-order valence-electron chi connectivity index (χ1n) is 9.55. The van der Waals surface area contributed by atoms with Gasteiger partial charge in [0.15, 0.2) is 11.5 Å². The minimum atomic E-state index is -0.111. The Bertz CT molecular complexity index is 607. The summed E-state index contributed by atoms with van der Waals surface area (Å²) in [4.78, 5) is 15.0. The first kappa shape index (κ1) is 18.8. The van der Waals surface area contributed by atoms with E-state index in [0.29, 0.717) is 42.6 Å². The zero-order chi connectivity index (χ0) is 18.5. The number of fused-ring (bicyclic) bond motifs is 1. The number of methoxy groups -OCH3 is 1. The van der Waals surface area contributed by atoms with Crippen molar-refractivity contribution in [1.29, 1.82) is 0 Å². The predicted octanol–water partition coefficient (Wildman–Crippen LogP) is 2.56. The molecule has 2 unspecified atom stereocenters. The van der Waals surface area contributed by atoms with E-state index in [0.717, 1.165) is 37.9 Å². The number of hydrogen-bond acceptors (Lipinski definition) is 5. The number of rotatable bonds is 6. The molecule has 6 heteroatoms. The summed E-state index contributed by atoms with van der Waals surface area (Å²) in [7, 11) is 1.57. The van der Waals surface area contributed by atoms with Crippen molar-refractivity contribution < 1.29 is 19.0 Å². The molecular weight excluding hydrogens is 332 g/mol. The highest BCUT2D eigenvalue weighted by atomic mass is 16.6. The monoisotopic (exact) mass is 362 g/mol. The van der Waals surface area contributed by atoms with E-state index in [2.05, 4.69) is 24.1 Å². The number of ether oxygens (including phenoxy) is 3. The van der Waals surface area contributed by atoms with Crippen molar-refractivity contribution in [2.45, 2.75) is 26.7 Å². The second-order valence-corrected chi connectivity index (χ2v) is 7.52. The normalized spacial score (nSPS) is 22.7. The van der Waals surface area contributed by atoms with Gasteiger partial charge in [0.1, 0.15) is 13.2 Å². The van der Waals surface area contributed by atoms with Gasteiger partial charge < -0.3 is 24.4 Å². The number of nitrogens with zero attached hydrogens (tertiary/aromatic N) is 1.